The van der Waals surface area contributed by atoms with Crippen LogP contribution in [0.4, 0.5) is 0 Å². The maximum atomic E-state index is 8.74. The molecule has 0 radical (unpaired) electrons. The van der Waals surface area contributed by atoms with Crippen molar-refractivity contribution in [3.63, 3.8) is 0 Å². The van der Waals surface area contributed by atoms with E-state index in [1.807, 2.05) is 0 Å². The molecule has 0 heterocycles. The summed E-state index contributed by atoms with van der Waals surface area (Å²) in [6.07, 6.45) is 0. The van der Waals surface area contributed by atoms with Crippen LogP contribution in [-0.2, 0) is 4.46 Å². The average molecular weight is 222 g/mol. The van der Waals surface area contributed by atoms with Crippen LogP contribution in [0.5, 0.6) is 0 Å². The van der Waals surface area contributed by atoms with Crippen molar-refractivity contribution in [3.05, 3.63) is 0 Å². The van der Waals surface area contributed by atoms with Crippen LogP contribution in [0.2, 0.25) is 0 Å². The van der Waals surface area contributed by atoms with Crippen LogP contribution in [0.15, 0.2) is 0 Å². The van der Waals surface area contributed by atoms with Crippen LogP contribution in [0.3, 0.4) is 0 Å². The van der Waals surface area contributed by atoms with Crippen LogP contribution in [0, 0.1) is 0 Å². The quantitative estimate of drug-likeness (QED) is 0.224. The summed E-state index contributed by atoms with van der Waals surface area (Å²) in [4.78, 5) is 43.6. The molecule has 11 heavy (non-hydrogen) atoms. The molecule has 0 rings (SSSR count). The van der Waals surface area contributed by atoms with Crippen LogP contribution >= 0.6 is 0 Å². The van der Waals surface area contributed by atoms with Crippen molar-refractivity contribution in [1.82, 2.24) is 0 Å². The van der Waals surface area contributed by atoms with Gasteiger partial charge in [-0.2, -0.15) is 0 Å². The molecule has 0 aromatic heterocycles. The van der Waals surface area contributed by atoms with Gasteiger partial charge in [0, 0.05) is 0 Å². The molecule has 0 aromatic carbocycles. The van der Waals surface area contributed by atoms with Crippen molar-refractivity contribution in [3.8, 4) is 0 Å². The van der Waals surface area contributed by atoms with Gasteiger partial charge >= 0.3 is 77.3 Å². The average Bonchev–Trinajstić information content (AvgIpc) is 1.19. The molecular formula is H8Na2O7Si2. The van der Waals surface area contributed by atoms with E-state index in [0.29, 0.717) is 0 Å². The van der Waals surface area contributed by atoms with Gasteiger partial charge in [0.2, 0.25) is 0 Å². The Balaban J connectivity index is -0.0000000146. The third-order valence-electron chi connectivity index (χ3n) is 0. The monoisotopic (exact) mass is 222 g/mol. The van der Waals surface area contributed by atoms with Crippen molar-refractivity contribution in [2.45, 2.75) is 0 Å². The second-order valence-electron chi connectivity index (χ2n) is 0.883. The van der Waals surface area contributed by atoms with Crippen molar-refractivity contribution < 1.29 is 95.2 Å². The van der Waals surface area contributed by atoms with Gasteiger partial charge in [-0.15, -0.1) is 0 Å². The topological polar surface area (TPSA) is 138 Å². The largest absolute Gasteiger partial charge is 1.00 e. The fourth-order valence-electron chi connectivity index (χ4n) is 0. The summed E-state index contributed by atoms with van der Waals surface area (Å²) in [5, 5.41) is 0. The SMILES string of the molecule is O=[Si](O)O.O[Si](O)(O)O.[H-].[H-].[Na+].[Na+]. The van der Waals surface area contributed by atoms with E-state index in [-0.39, 0.29) is 62.0 Å². The number of hydrogen-bond donors (Lipinski definition) is 6. The minimum absolute atomic E-state index is 0. The zero-order chi connectivity index (χ0) is 8.08. The first-order valence-electron chi connectivity index (χ1n) is 1.55. The van der Waals surface area contributed by atoms with Gasteiger partial charge in [-0.05, 0) is 0 Å². The predicted octanol–water partition coefficient (Wildman–Crippen LogP) is -9.99. The van der Waals surface area contributed by atoms with E-state index in [2.05, 4.69) is 0 Å². The van der Waals surface area contributed by atoms with Gasteiger partial charge in [0.25, 0.3) is 0 Å². The van der Waals surface area contributed by atoms with E-state index in [1.165, 1.54) is 0 Å². The molecule has 7 nitrogen and oxygen atoms in total. The fraction of sp³-hybridized carbons (Fsp3) is 0. The molecule has 0 atom stereocenters. The van der Waals surface area contributed by atoms with E-state index in [4.69, 9.17) is 33.2 Å². The molecule has 0 aromatic rings. The molecular weight excluding hydrogens is 214 g/mol. The second kappa shape index (κ2) is 11.7. The summed E-state index contributed by atoms with van der Waals surface area (Å²) < 4.78 is 8.74. The van der Waals surface area contributed by atoms with Gasteiger partial charge in [0.1, 0.15) is 0 Å². The van der Waals surface area contributed by atoms with Crippen molar-refractivity contribution in [2.24, 2.45) is 0 Å². The Hall–Kier alpha value is 1.67. The summed E-state index contributed by atoms with van der Waals surface area (Å²) in [5.74, 6) is 0. The minimum Gasteiger partial charge on any atom is -1.00 e. The number of rotatable bonds is 0. The van der Waals surface area contributed by atoms with Crippen LogP contribution < -0.4 is 59.1 Å². The van der Waals surface area contributed by atoms with Crippen LogP contribution in [-0.4, -0.2) is 47.0 Å². The number of hydrogen-bond acceptors (Lipinski definition) is 5. The van der Waals surface area contributed by atoms with Gasteiger partial charge in [-0.1, -0.05) is 0 Å². The summed E-state index contributed by atoms with van der Waals surface area (Å²) in [6, 6.07) is 0. The molecule has 60 valence electrons. The zero-order valence-corrected chi connectivity index (χ0v) is 12.1. The summed E-state index contributed by atoms with van der Waals surface area (Å²) in [5.41, 5.74) is 0. The maximum Gasteiger partial charge on any atom is 1.00 e. The van der Waals surface area contributed by atoms with E-state index >= 15 is 0 Å². The predicted molar refractivity (Wildman–Crippen MR) is 27.7 cm³/mol. The minimum atomic E-state index is -4.61. The molecule has 6 N–H and O–H groups in total. The molecule has 0 aliphatic rings. The van der Waals surface area contributed by atoms with Crippen LogP contribution in [0.25, 0.3) is 0 Å². The Kier molecular flexibility index (Phi) is 24.4. The van der Waals surface area contributed by atoms with E-state index in [0.717, 1.165) is 0 Å². The summed E-state index contributed by atoms with van der Waals surface area (Å²) >= 11 is 0. The smallest absolute Gasteiger partial charge is 1.00 e. The fourth-order valence-corrected chi connectivity index (χ4v) is 0. The Bertz CT molecular complexity index is 85.0. The van der Waals surface area contributed by atoms with E-state index in [9.17, 15) is 0 Å². The first kappa shape index (κ1) is 23.0. The standard InChI is InChI=1S/2Na.H4O4Si.H2O3Si.2H/c;;1-5(2,3)4;1-4(2)3;;/h;;1-4H;1-2H;;/q2*+1;;;2*-1. The molecule has 0 aliphatic heterocycles. The Morgan fingerprint density at radius 2 is 1.00 bits per heavy atom. The first-order chi connectivity index (χ1) is 3.73. The molecule has 0 spiro atoms. The Morgan fingerprint density at radius 1 is 1.00 bits per heavy atom. The molecule has 0 unspecified atom stereocenters. The van der Waals surface area contributed by atoms with E-state index < -0.39 is 18.2 Å². The molecule has 0 saturated heterocycles. The third-order valence-corrected chi connectivity index (χ3v) is 0. The van der Waals surface area contributed by atoms with Gasteiger partial charge in [-0.25, -0.2) is 0 Å². The molecule has 0 aliphatic carbocycles. The molecule has 0 fully saturated rings. The summed E-state index contributed by atoms with van der Waals surface area (Å²) in [6.45, 7) is 0. The second-order valence-corrected chi connectivity index (χ2v) is 2.65. The van der Waals surface area contributed by atoms with Crippen LogP contribution in [0.1, 0.15) is 2.85 Å². The molecule has 0 bridgehead atoms. The molecule has 0 amide bonds. The van der Waals surface area contributed by atoms with Crippen molar-refractivity contribution in [1.29, 1.82) is 0 Å². The normalized spacial score (nSPS) is 7.64. The van der Waals surface area contributed by atoms with Crippen molar-refractivity contribution in [2.75, 3.05) is 0 Å². The maximum absolute atomic E-state index is 8.74. The first-order valence-corrected chi connectivity index (χ1v) is 4.64. The molecule has 11 heteroatoms. The van der Waals surface area contributed by atoms with Gasteiger partial charge < -0.3 is 31.6 Å². The van der Waals surface area contributed by atoms with Gasteiger partial charge in [0.05, 0.1) is 0 Å². The van der Waals surface area contributed by atoms with Gasteiger partial charge in [-0.3, -0.25) is 4.46 Å². The molecule has 0 saturated carbocycles. The van der Waals surface area contributed by atoms with Crippen molar-refractivity contribution >= 4 is 18.2 Å². The Morgan fingerprint density at radius 3 is 1.00 bits per heavy atom. The third kappa shape index (κ3) is 390. The van der Waals surface area contributed by atoms with E-state index in [1.54, 1.807) is 0 Å². The Labute approximate surface area is 112 Å². The zero-order valence-electron chi connectivity index (χ0n) is 8.09. The van der Waals surface area contributed by atoms with Gasteiger partial charge in [0.15, 0.2) is 0 Å². The summed E-state index contributed by atoms with van der Waals surface area (Å²) in [7, 11) is -7.74.